The van der Waals surface area contributed by atoms with Gasteiger partial charge in [-0.1, -0.05) is 0 Å². The average molecular weight is 411 g/mol. The molecule has 1 N–H and O–H groups in total. The van der Waals surface area contributed by atoms with Crippen LogP contribution in [0.5, 0.6) is 0 Å². The molecule has 0 aliphatic rings. The maximum Gasteiger partial charge on any atom is 0.411 e. The van der Waals surface area contributed by atoms with Crippen LogP contribution >= 0.6 is 0 Å². The highest BCUT2D eigenvalue weighted by molar-refractivity contribution is 5.91. The Bertz CT molecular complexity index is 1080. The van der Waals surface area contributed by atoms with Crippen LogP contribution in [0.4, 0.5) is 10.5 Å². The van der Waals surface area contributed by atoms with Crippen molar-refractivity contribution in [1.29, 1.82) is 5.26 Å². The van der Waals surface area contributed by atoms with Gasteiger partial charge in [-0.25, -0.2) is 9.78 Å². The zero-order chi connectivity index (χ0) is 22.6. The molecule has 1 aromatic carbocycles. The third kappa shape index (κ3) is 5.03. The van der Waals surface area contributed by atoms with Gasteiger partial charge in [-0.3, -0.25) is 19.5 Å². The number of hydrogen-bond acceptors (Lipinski definition) is 6. The molecule has 0 bridgehead atoms. The quantitative estimate of drug-likeness (QED) is 0.826. The Balaban J connectivity index is 2.47. The molecule has 2 rings (SSSR count). The van der Waals surface area contributed by atoms with Crippen molar-refractivity contribution in [3.63, 3.8) is 0 Å². The monoisotopic (exact) mass is 411 g/mol. The van der Waals surface area contributed by atoms with Crippen molar-refractivity contribution in [2.75, 3.05) is 19.5 Å². The number of nitriles is 1. The Labute approximate surface area is 174 Å². The number of amides is 2. The van der Waals surface area contributed by atoms with Gasteiger partial charge in [0.1, 0.15) is 12.4 Å². The number of rotatable bonds is 4. The SMILES string of the molecule is COC(=O)Nc1cc(C#N)ccc1-c1cc(=O)n(CC(=O)N(C)C(C)(C)C)c(C)n1. The molecule has 0 fully saturated rings. The van der Waals surface area contributed by atoms with Gasteiger partial charge < -0.3 is 9.64 Å². The van der Waals surface area contributed by atoms with Gasteiger partial charge in [-0.05, 0) is 45.9 Å². The Morgan fingerprint density at radius 3 is 2.50 bits per heavy atom. The standard InChI is InChI=1S/C21H25N5O4/c1-13-23-17(10-18(27)26(13)12-19(28)25(5)21(2,3)4)15-8-7-14(11-22)9-16(15)24-20(29)30-6/h7-10H,12H2,1-6H3,(H,24,29). The van der Waals surface area contributed by atoms with Gasteiger partial charge >= 0.3 is 6.09 Å². The number of likely N-dealkylation sites (N-methyl/N-ethyl adjacent to an activating group) is 1. The first-order valence-electron chi connectivity index (χ1n) is 9.22. The normalized spacial score (nSPS) is 10.8. The molecule has 1 heterocycles. The van der Waals surface area contributed by atoms with Crippen molar-refractivity contribution >= 4 is 17.7 Å². The molecule has 0 radical (unpaired) electrons. The molecule has 30 heavy (non-hydrogen) atoms. The topological polar surface area (TPSA) is 117 Å². The summed E-state index contributed by atoms with van der Waals surface area (Å²) in [5.74, 6) is 0.134. The van der Waals surface area contributed by atoms with Crippen LogP contribution in [0.2, 0.25) is 0 Å². The van der Waals surface area contributed by atoms with Crippen LogP contribution in [0.25, 0.3) is 11.3 Å². The summed E-state index contributed by atoms with van der Waals surface area (Å²) in [6.45, 7) is 7.21. The molecule has 9 heteroatoms. The van der Waals surface area contributed by atoms with E-state index in [0.29, 0.717) is 22.6 Å². The molecule has 9 nitrogen and oxygen atoms in total. The summed E-state index contributed by atoms with van der Waals surface area (Å²) in [5.41, 5.74) is 0.589. The van der Waals surface area contributed by atoms with E-state index in [1.54, 1.807) is 31.0 Å². The lowest BCUT2D eigenvalue weighted by molar-refractivity contribution is -0.134. The van der Waals surface area contributed by atoms with Crippen LogP contribution in [0.3, 0.4) is 0 Å². The van der Waals surface area contributed by atoms with Crippen molar-refractivity contribution in [1.82, 2.24) is 14.5 Å². The Kier molecular flexibility index (Phi) is 6.62. The van der Waals surface area contributed by atoms with E-state index in [1.165, 1.54) is 23.8 Å². The van der Waals surface area contributed by atoms with E-state index in [2.05, 4.69) is 15.0 Å². The van der Waals surface area contributed by atoms with Crippen LogP contribution in [0, 0.1) is 18.3 Å². The van der Waals surface area contributed by atoms with Gasteiger partial charge in [-0.2, -0.15) is 5.26 Å². The minimum atomic E-state index is -0.716. The Hall–Kier alpha value is -3.67. The summed E-state index contributed by atoms with van der Waals surface area (Å²) in [6.07, 6.45) is -0.716. The van der Waals surface area contributed by atoms with Gasteiger partial charge in [-0.15, -0.1) is 0 Å². The van der Waals surface area contributed by atoms with Crippen LogP contribution < -0.4 is 10.9 Å². The third-order valence-corrected chi connectivity index (χ3v) is 4.72. The van der Waals surface area contributed by atoms with E-state index in [0.717, 1.165) is 0 Å². The number of nitrogens with zero attached hydrogens (tertiary/aromatic N) is 4. The van der Waals surface area contributed by atoms with Gasteiger partial charge in [0.05, 0.1) is 30.1 Å². The minimum absolute atomic E-state index is 0.133. The average Bonchev–Trinajstić information content (AvgIpc) is 2.68. The van der Waals surface area contributed by atoms with Crippen molar-refractivity contribution < 1.29 is 14.3 Å². The number of carbonyl (C=O) groups is 2. The number of benzene rings is 1. The summed E-state index contributed by atoms with van der Waals surface area (Å²) in [6, 6.07) is 7.90. The van der Waals surface area contributed by atoms with E-state index < -0.39 is 11.7 Å². The second-order valence-corrected chi connectivity index (χ2v) is 7.73. The maximum atomic E-state index is 12.7. The number of anilines is 1. The zero-order valence-electron chi connectivity index (χ0n) is 17.9. The first-order chi connectivity index (χ1) is 14.0. The Morgan fingerprint density at radius 1 is 1.30 bits per heavy atom. The second kappa shape index (κ2) is 8.78. The molecule has 1 aromatic heterocycles. The first-order valence-corrected chi connectivity index (χ1v) is 9.22. The molecule has 158 valence electrons. The van der Waals surface area contributed by atoms with E-state index in [-0.39, 0.29) is 23.7 Å². The number of nitrogens with one attached hydrogen (secondary N) is 1. The van der Waals surface area contributed by atoms with Crippen molar-refractivity contribution in [2.24, 2.45) is 0 Å². The number of carbonyl (C=O) groups excluding carboxylic acids is 2. The molecule has 2 amide bonds. The second-order valence-electron chi connectivity index (χ2n) is 7.73. The largest absolute Gasteiger partial charge is 0.453 e. The number of hydrogen-bond donors (Lipinski definition) is 1. The fourth-order valence-electron chi connectivity index (χ4n) is 2.67. The van der Waals surface area contributed by atoms with E-state index in [9.17, 15) is 14.4 Å². The minimum Gasteiger partial charge on any atom is -0.453 e. The fourth-order valence-corrected chi connectivity index (χ4v) is 2.67. The highest BCUT2D eigenvalue weighted by atomic mass is 16.5. The van der Waals surface area contributed by atoms with Gasteiger partial charge in [0, 0.05) is 24.2 Å². The molecule has 0 aliphatic heterocycles. The number of methoxy groups -OCH3 is 1. The molecule has 0 unspecified atom stereocenters. The van der Waals surface area contributed by atoms with Crippen molar-refractivity contribution in [3.05, 3.63) is 46.0 Å². The molecule has 0 saturated carbocycles. The van der Waals surface area contributed by atoms with Gasteiger partial charge in [0.15, 0.2) is 0 Å². The Morgan fingerprint density at radius 2 is 1.97 bits per heavy atom. The molecule has 0 aliphatic carbocycles. The van der Waals surface area contributed by atoms with Gasteiger partial charge in [0.2, 0.25) is 5.91 Å². The van der Waals surface area contributed by atoms with Crippen LogP contribution in [0.1, 0.15) is 32.2 Å². The van der Waals surface area contributed by atoms with Crippen LogP contribution in [-0.4, -0.2) is 46.1 Å². The summed E-state index contributed by atoms with van der Waals surface area (Å²) < 4.78 is 5.91. The van der Waals surface area contributed by atoms with Crippen LogP contribution in [-0.2, 0) is 16.1 Å². The third-order valence-electron chi connectivity index (χ3n) is 4.72. The van der Waals surface area contributed by atoms with Crippen LogP contribution in [0.15, 0.2) is 29.1 Å². The molecule has 0 spiro atoms. The number of ether oxygens (including phenoxy) is 1. The summed E-state index contributed by atoms with van der Waals surface area (Å²) in [7, 11) is 2.91. The molecule has 0 atom stereocenters. The molecular weight excluding hydrogens is 386 g/mol. The van der Waals surface area contributed by atoms with E-state index in [4.69, 9.17) is 5.26 Å². The van der Waals surface area contributed by atoms with E-state index >= 15 is 0 Å². The summed E-state index contributed by atoms with van der Waals surface area (Å²) in [5, 5.41) is 11.7. The number of aryl methyl sites for hydroxylation is 1. The fraction of sp³-hybridized carbons (Fsp3) is 0.381. The molecular formula is C21H25N5O4. The first kappa shape index (κ1) is 22.6. The summed E-state index contributed by atoms with van der Waals surface area (Å²) in [4.78, 5) is 43.0. The van der Waals surface area contributed by atoms with Crippen molar-refractivity contribution in [3.8, 4) is 17.3 Å². The molecule has 2 aromatic rings. The predicted octanol–water partition coefficient (Wildman–Crippen LogP) is 2.53. The van der Waals surface area contributed by atoms with E-state index in [1.807, 2.05) is 26.8 Å². The predicted molar refractivity (Wildman–Crippen MR) is 112 cm³/mol. The lowest BCUT2D eigenvalue weighted by Gasteiger charge is -2.32. The maximum absolute atomic E-state index is 12.7. The lowest BCUT2D eigenvalue weighted by Crippen LogP contribution is -2.45. The lowest BCUT2D eigenvalue weighted by atomic mass is 10.1. The van der Waals surface area contributed by atoms with Gasteiger partial charge in [0.25, 0.3) is 5.56 Å². The molecule has 0 saturated heterocycles. The summed E-state index contributed by atoms with van der Waals surface area (Å²) >= 11 is 0. The zero-order valence-corrected chi connectivity index (χ0v) is 17.9. The highest BCUT2D eigenvalue weighted by Gasteiger charge is 2.23. The smallest absolute Gasteiger partial charge is 0.411 e. The number of aromatic nitrogens is 2. The highest BCUT2D eigenvalue weighted by Crippen LogP contribution is 2.27. The van der Waals surface area contributed by atoms with Crippen molar-refractivity contribution in [2.45, 2.75) is 39.8 Å².